The Morgan fingerprint density at radius 2 is 1.59 bits per heavy atom. The van der Waals surface area contributed by atoms with Crippen LogP contribution < -0.4 is 14.5 Å². The third-order valence-corrected chi connectivity index (χ3v) is 7.32. The summed E-state index contributed by atoms with van der Waals surface area (Å²) in [6, 6.07) is 20.8. The number of nitrogens with one attached hydrogen (secondary N) is 1. The molecule has 1 amide bonds. The summed E-state index contributed by atoms with van der Waals surface area (Å²) in [5, 5.41) is 2.79. The molecule has 3 aromatic carbocycles. The number of ether oxygens (including phenoxy) is 1. The molecule has 0 bridgehead atoms. The highest BCUT2D eigenvalue weighted by atomic mass is 32.2. The van der Waals surface area contributed by atoms with E-state index in [4.69, 9.17) is 4.74 Å². The molecular formula is C25H26FN3O4S. The number of rotatable bonds is 8. The summed E-state index contributed by atoms with van der Waals surface area (Å²) in [7, 11) is -4.08. The molecule has 0 aromatic heterocycles. The molecule has 1 fully saturated rings. The number of hydrogen-bond donors (Lipinski definition) is 1. The second-order valence-electron chi connectivity index (χ2n) is 7.84. The molecule has 1 N–H and O–H groups in total. The third kappa shape index (κ3) is 5.73. The van der Waals surface area contributed by atoms with Gasteiger partial charge in [0.2, 0.25) is 5.91 Å². The monoisotopic (exact) mass is 483 g/mol. The predicted molar refractivity (Wildman–Crippen MR) is 129 cm³/mol. The van der Waals surface area contributed by atoms with E-state index in [1.165, 1.54) is 12.1 Å². The minimum absolute atomic E-state index is 0.0933. The van der Waals surface area contributed by atoms with Crippen molar-refractivity contribution >= 4 is 27.3 Å². The van der Waals surface area contributed by atoms with Crippen LogP contribution in [0.5, 0.6) is 0 Å². The normalized spacial score (nSPS) is 14.0. The fourth-order valence-electron chi connectivity index (χ4n) is 3.68. The number of sulfonamides is 1. The summed E-state index contributed by atoms with van der Waals surface area (Å²) in [5.41, 5.74) is 2.34. The van der Waals surface area contributed by atoms with E-state index in [-0.39, 0.29) is 11.4 Å². The molecule has 0 unspecified atom stereocenters. The Kier molecular flexibility index (Phi) is 7.44. The lowest BCUT2D eigenvalue weighted by Gasteiger charge is -2.29. The Labute approximate surface area is 198 Å². The van der Waals surface area contributed by atoms with Crippen LogP contribution in [0.25, 0.3) is 0 Å². The summed E-state index contributed by atoms with van der Waals surface area (Å²) in [5.74, 6) is -0.991. The second-order valence-corrected chi connectivity index (χ2v) is 9.71. The van der Waals surface area contributed by atoms with Crippen LogP contribution in [0.3, 0.4) is 0 Å². The summed E-state index contributed by atoms with van der Waals surface area (Å²) in [4.78, 5) is 14.9. The van der Waals surface area contributed by atoms with Gasteiger partial charge < -0.3 is 15.0 Å². The van der Waals surface area contributed by atoms with Gasteiger partial charge in [0, 0.05) is 25.3 Å². The molecule has 34 heavy (non-hydrogen) atoms. The number of nitrogens with zero attached hydrogens (tertiary/aromatic N) is 2. The van der Waals surface area contributed by atoms with Crippen LogP contribution in [0.2, 0.25) is 0 Å². The molecule has 0 spiro atoms. The predicted octanol–water partition coefficient (Wildman–Crippen LogP) is 3.17. The van der Waals surface area contributed by atoms with E-state index < -0.39 is 28.3 Å². The van der Waals surface area contributed by atoms with Gasteiger partial charge in [-0.25, -0.2) is 12.8 Å². The maximum absolute atomic E-state index is 13.3. The van der Waals surface area contributed by atoms with Crippen LogP contribution in [0.4, 0.5) is 15.8 Å². The summed E-state index contributed by atoms with van der Waals surface area (Å²) in [6.07, 6.45) is 0. The molecule has 0 atom stereocenters. The zero-order valence-corrected chi connectivity index (χ0v) is 19.4. The van der Waals surface area contributed by atoms with E-state index in [9.17, 15) is 17.6 Å². The molecule has 3 aromatic rings. The van der Waals surface area contributed by atoms with Crippen molar-refractivity contribution in [3.05, 3.63) is 90.2 Å². The van der Waals surface area contributed by atoms with Crippen molar-refractivity contribution in [3.63, 3.8) is 0 Å². The number of carbonyl (C=O) groups excluding carboxylic acids is 1. The number of morpholine rings is 1. The van der Waals surface area contributed by atoms with Crippen molar-refractivity contribution in [1.82, 2.24) is 5.32 Å². The van der Waals surface area contributed by atoms with Gasteiger partial charge in [-0.15, -0.1) is 0 Å². The van der Waals surface area contributed by atoms with E-state index >= 15 is 0 Å². The molecule has 0 radical (unpaired) electrons. The standard InChI is InChI=1S/C25H26FN3O4S/c26-21-8-12-24(13-9-21)34(31,32)29(23-4-2-1-3-5-23)19-25(30)27-18-20-6-10-22(11-7-20)28-14-16-33-17-15-28/h1-13H,14-19H2,(H,27,30). The molecule has 9 heteroatoms. The van der Waals surface area contributed by atoms with Crippen LogP contribution in [-0.2, 0) is 26.1 Å². The van der Waals surface area contributed by atoms with Crippen molar-refractivity contribution in [2.75, 3.05) is 42.1 Å². The molecule has 1 heterocycles. The van der Waals surface area contributed by atoms with Crippen molar-refractivity contribution < 1.29 is 22.3 Å². The summed E-state index contributed by atoms with van der Waals surface area (Å²) in [6.45, 7) is 2.95. The number of halogens is 1. The maximum Gasteiger partial charge on any atom is 0.264 e. The van der Waals surface area contributed by atoms with Gasteiger partial charge in [-0.1, -0.05) is 30.3 Å². The average Bonchev–Trinajstić information content (AvgIpc) is 2.87. The first-order chi connectivity index (χ1) is 16.4. The smallest absolute Gasteiger partial charge is 0.264 e. The van der Waals surface area contributed by atoms with E-state index in [0.29, 0.717) is 18.9 Å². The molecule has 7 nitrogen and oxygen atoms in total. The van der Waals surface area contributed by atoms with Gasteiger partial charge in [-0.05, 0) is 54.1 Å². The van der Waals surface area contributed by atoms with Gasteiger partial charge in [0.25, 0.3) is 10.0 Å². The van der Waals surface area contributed by atoms with Gasteiger partial charge in [-0.2, -0.15) is 0 Å². The zero-order valence-electron chi connectivity index (χ0n) is 18.6. The van der Waals surface area contributed by atoms with Crippen molar-refractivity contribution in [2.45, 2.75) is 11.4 Å². The van der Waals surface area contributed by atoms with Gasteiger partial charge >= 0.3 is 0 Å². The SMILES string of the molecule is O=C(CN(c1ccccc1)S(=O)(=O)c1ccc(F)cc1)NCc1ccc(N2CCOCC2)cc1. The Bertz CT molecular complexity index is 1200. The van der Waals surface area contributed by atoms with E-state index in [1.807, 2.05) is 24.3 Å². The van der Waals surface area contributed by atoms with Crippen LogP contribution in [-0.4, -0.2) is 47.2 Å². The van der Waals surface area contributed by atoms with Gasteiger partial charge in [0.15, 0.2) is 0 Å². The number of benzene rings is 3. The third-order valence-electron chi connectivity index (χ3n) is 5.54. The molecular weight excluding hydrogens is 457 g/mol. The van der Waals surface area contributed by atoms with Gasteiger partial charge in [0.1, 0.15) is 12.4 Å². The summed E-state index contributed by atoms with van der Waals surface area (Å²) < 4.78 is 46.2. The highest BCUT2D eigenvalue weighted by Crippen LogP contribution is 2.23. The first kappa shape index (κ1) is 23.7. The second kappa shape index (κ2) is 10.7. The fourth-order valence-corrected chi connectivity index (χ4v) is 5.10. The van der Waals surface area contributed by atoms with E-state index in [2.05, 4.69) is 10.2 Å². The molecule has 178 valence electrons. The Morgan fingerprint density at radius 3 is 2.24 bits per heavy atom. The van der Waals surface area contributed by atoms with Gasteiger partial charge in [0.05, 0.1) is 23.8 Å². The Morgan fingerprint density at radius 1 is 0.941 bits per heavy atom. The largest absolute Gasteiger partial charge is 0.378 e. The Hall–Kier alpha value is -3.43. The minimum Gasteiger partial charge on any atom is -0.378 e. The lowest BCUT2D eigenvalue weighted by Crippen LogP contribution is -2.40. The molecule has 4 rings (SSSR count). The van der Waals surface area contributed by atoms with E-state index in [1.54, 1.807) is 30.3 Å². The number of anilines is 2. The first-order valence-corrected chi connectivity index (χ1v) is 12.4. The van der Waals surface area contributed by atoms with Crippen LogP contribution in [0.15, 0.2) is 83.8 Å². The van der Waals surface area contributed by atoms with Crippen LogP contribution >= 0.6 is 0 Å². The van der Waals surface area contributed by atoms with Crippen LogP contribution in [0.1, 0.15) is 5.56 Å². The lowest BCUT2D eigenvalue weighted by molar-refractivity contribution is -0.119. The molecule has 1 aliphatic heterocycles. The number of amides is 1. The number of hydrogen-bond acceptors (Lipinski definition) is 5. The van der Waals surface area contributed by atoms with Crippen LogP contribution in [0, 0.1) is 5.82 Å². The molecule has 1 aliphatic rings. The first-order valence-electron chi connectivity index (χ1n) is 11.0. The van der Waals surface area contributed by atoms with Crippen molar-refractivity contribution in [1.29, 1.82) is 0 Å². The zero-order chi connectivity index (χ0) is 24.0. The number of carbonyl (C=O) groups is 1. The van der Waals surface area contributed by atoms with E-state index in [0.717, 1.165) is 40.8 Å². The quantitative estimate of drug-likeness (QED) is 0.533. The fraction of sp³-hybridized carbons (Fsp3) is 0.240. The average molecular weight is 484 g/mol. The molecule has 0 saturated carbocycles. The molecule has 1 saturated heterocycles. The Balaban J connectivity index is 1.44. The van der Waals surface area contributed by atoms with Crippen molar-refractivity contribution in [3.8, 4) is 0 Å². The molecule has 0 aliphatic carbocycles. The van der Waals surface area contributed by atoms with Crippen molar-refractivity contribution in [2.24, 2.45) is 0 Å². The minimum atomic E-state index is -4.08. The number of para-hydroxylation sites is 1. The highest BCUT2D eigenvalue weighted by molar-refractivity contribution is 7.92. The highest BCUT2D eigenvalue weighted by Gasteiger charge is 2.27. The topological polar surface area (TPSA) is 79.0 Å². The van der Waals surface area contributed by atoms with Gasteiger partial charge in [-0.3, -0.25) is 9.10 Å². The summed E-state index contributed by atoms with van der Waals surface area (Å²) >= 11 is 0. The maximum atomic E-state index is 13.3. The lowest BCUT2D eigenvalue weighted by atomic mass is 10.2.